The summed E-state index contributed by atoms with van der Waals surface area (Å²) in [7, 11) is 1.84. The monoisotopic (exact) mass is 193 g/mol. The van der Waals surface area contributed by atoms with Crippen molar-refractivity contribution in [3.63, 3.8) is 0 Å². The molecular formula is C11H15NO2. The summed E-state index contributed by atoms with van der Waals surface area (Å²) in [6.45, 7) is 0.957. The Balaban J connectivity index is 0.000000140. The zero-order valence-corrected chi connectivity index (χ0v) is 8.31. The minimum absolute atomic E-state index is 0.292. The summed E-state index contributed by atoms with van der Waals surface area (Å²) in [6.07, 6.45) is 1.81. The van der Waals surface area contributed by atoms with Crippen LogP contribution in [0.25, 0.3) is 0 Å². The summed E-state index contributed by atoms with van der Waals surface area (Å²) in [5.74, 6) is 0.613. The minimum Gasteiger partial charge on any atom is -0.508 e. The van der Waals surface area contributed by atoms with Crippen molar-refractivity contribution in [3.8, 4) is 5.75 Å². The maximum atomic E-state index is 10.5. The Morgan fingerprint density at radius 1 is 1.29 bits per heavy atom. The predicted molar refractivity (Wildman–Crippen MR) is 55.0 cm³/mol. The fourth-order valence-electron chi connectivity index (χ4n) is 1.21. The maximum Gasteiger partial charge on any atom is 0.222 e. The van der Waals surface area contributed by atoms with Crippen molar-refractivity contribution in [2.45, 2.75) is 12.8 Å². The molecule has 0 bridgehead atoms. The van der Waals surface area contributed by atoms with E-state index in [1.165, 1.54) is 0 Å². The van der Waals surface area contributed by atoms with E-state index in [9.17, 15) is 4.79 Å². The van der Waals surface area contributed by atoms with Crippen molar-refractivity contribution in [2.75, 3.05) is 13.6 Å². The predicted octanol–water partition coefficient (Wildman–Crippen LogP) is 1.63. The Morgan fingerprint density at radius 2 is 1.93 bits per heavy atom. The van der Waals surface area contributed by atoms with Crippen LogP contribution in [0, 0.1) is 0 Å². The first-order valence-electron chi connectivity index (χ1n) is 4.68. The van der Waals surface area contributed by atoms with E-state index in [1.54, 1.807) is 29.2 Å². The van der Waals surface area contributed by atoms with Crippen LogP contribution in [0.3, 0.4) is 0 Å². The highest BCUT2D eigenvalue weighted by molar-refractivity contribution is 5.77. The molecule has 2 rings (SSSR count). The molecule has 1 saturated heterocycles. The van der Waals surface area contributed by atoms with E-state index >= 15 is 0 Å². The van der Waals surface area contributed by atoms with Crippen LogP contribution in [0.2, 0.25) is 0 Å². The molecule has 0 unspecified atom stereocenters. The van der Waals surface area contributed by atoms with Gasteiger partial charge in [0.2, 0.25) is 5.91 Å². The largest absolute Gasteiger partial charge is 0.508 e. The fraction of sp³-hybridized carbons (Fsp3) is 0.364. The van der Waals surface area contributed by atoms with Gasteiger partial charge in [-0.2, -0.15) is 0 Å². The average Bonchev–Trinajstić information content (AvgIpc) is 2.53. The minimum atomic E-state index is 0.292. The molecule has 3 heteroatoms. The van der Waals surface area contributed by atoms with Gasteiger partial charge in [0.1, 0.15) is 5.75 Å². The molecule has 0 saturated carbocycles. The summed E-state index contributed by atoms with van der Waals surface area (Å²) in [5, 5.41) is 8.63. The lowest BCUT2D eigenvalue weighted by Gasteiger charge is -2.03. The van der Waals surface area contributed by atoms with Crippen LogP contribution < -0.4 is 0 Å². The number of para-hydroxylation sites is 1. The number of nitrogens with zero attached hydrogens (tertiary/aromatic N) is 1. The number of hydrogen-bond acceptors (Lipinski definition) is 2. The Hall–Kier alpha value is -1.51. The molecule has 1 heterocycles. The molecule has 0 aliphatic carbocycles. The van der Waals surface area contributed by atoms with Gasteiger partial charge in [0.05, 0.1) is 0 Å². The molecule has 0 spiro atoms. The van der Waals surface area contributed by atoms with Crippen LogP contribution >= 0.6 is 0 Å². The Morgan fingerprint density at radius 3 is 2.14 bits per heavy atom. The van der Waals surface area contributed by atoms with Crippen molar-refractivity contribution in [3.05, 3.63) is 30.3 Å². The standard InChI is InChI=1S/C6H6O.C5H9NO/c7-6-4-2-1-3-5-6;1-6-4-2-3-5(6)7/h1-5,7H;2-4H2,1H3. The molecule has 1 aromatic carbocycles. The molecule has 0 radical (unpaired) electrons. The first kappa shape index (κ1) is 10.6. The van der Waals surface area contributed by atoms with E-state index in [2.05, 4.69) is 0 Å². The van der Waals surface area contributed by atoms with Gasteiger partial charge >= 0.3 is 0 Å². The highest BCUT2D eigenvalue weighted by Crippen LogP contribution is 2.04. The second-order valence-electron chi connectivity index (χ2n) is 3.25. The molecule has 0 aromatic heterocycles. The fourth-order valence-corrected chi connectivity index (χ4v) is 1.21. The van der Waals surface area contributed by atoms with Crippen LogP contribution in [-0.4, -0.2) is 29.5 Å². The Kier molecular flexibility index (Phi) is 3.98. The molecule has 1 aliphatic heterocycles. The second-order valence-corrected chi connectivity index (χ2v) is 3.25. The third-order valence-electron chi connectivity index (χ3n) is 2.07. The molecule has 1 fully saturated rings. The van der Waals surface area contributed by atoms with Gasteiger partial charge in [-0.05, 0) is 18.6 Å². The molecule has 1 N–H and O–H groups in total. The summed E-state index contributed by atoms with van der Waals surface area (Å²) in [6, 6.07) is 8.71. The number of carbonyl (C=O) groups excluding carboxylic acids is 1. The van der Waals surface area contributed by atoms with E-state index in [0.717, 1.165) is 19.4 Å². The number of phenols is 1. The van der Waals surface area contributed by atoms with E-state index in [-0.39, 0.29) is 0 Å². The molecule has 3 nitrogen and oxygen atoms in total. The van der Waals surface area contributed by atoms with Gasteiger partial charge in [-0.1, -0.05) is 18.2 Å². The molecule has 14 heavy (non-hydrogen) atoms. The lowest BCUT2D eigenvalue weighted by atomic mass is 10.3. The number of hydrogen-bond donors (Lipinski definition) is 1. The van der Waals surface area contributed by atoms with Crippen LogP contribution in [0.1, 0.15) is 12.8 Å². The third kappa shape index (κ3) is 3.47. The lowest BCUT2D eigenvalue weighted by molar-refractivity contribution is -0.126. The van der Waals surface area contributed by atoms with Crippen molar-refractivity contribution in [1.82, 2.24) is 4.90 Å². The highest BCUT2D eigenvalue weighted by Gasteiger charge is 2.14. The van der Waals surface area contributed by atoms with Crippen molar-refractivity contribution >= 4 is 5.91 Å². The maximum absolute atomic E-state index is 10.5. The van der Waals surface area contributed by atoms with Gasteiger partial charge < -0.3 is 10.0 Å². The Labute approximate surface area is 84.0 Å². The first-order chi connectivity index (χ1) is 6.70. The first-order valence-corrected chi connectivity index (χ1v) is 4.68. The summed E-state index contributed by atoms with van der Waals surface area (Å²) >= 11 is 0. The van der Waals surface area contributed by atoms with Crippen LogP contribution in [0.5, 0.6) is 5.75 Å². The van der Waals surface area contributed by atoms with E-state index in [4.69, 9.17) is 5.11 Å². The highest BCUT2D eigenvalue weighted by atomic mass is 16.3. The van der Waals surface area contributed by atoms with Crippen molar-refractivity contribution < 1.29 is 9.90 Å². The van der Waals surface area contributed by atoms with Gasteiger partial charge in [0.15, 0.2) is 0 Å². The number of amides is 1. The number of phenolic OH excluding ortho intramolecular Hbond substituents is 1. The summed E-state index contributed by atoms with van der Waals surface area (Å²) < 4.78 is 0. The van der Waals surface area contributed by atoms with Crippen molar-refractivity contribution in [2.24, 2.45) is 0 Å². The number of aromatic hydroxyl groups is 1. The smallest absolute Gasteiger partial charge is 0.222 e. The number of benzene rings is 1. The number of rotatable bonds is 0. The molecular weight excluding hydrogens is 178 g/mol. The van der Waals surface area contributed by atoms with Gasteiger partial charge in [0.25, 0.3) is 0 Å². The third-order valence-corrected chi connectivity index (χ3v) is 2.07. The normalized spacial score (nSPS) is 14.9. The Bertz CT molecular complexity index is 285. The zero-order valence-electron chi connectivity index (χ0n) is 8.31. The summed E-state index contributed by atoms with van der Waals surface area (Å²) in [4.78, 5) is 12.3. The van der Waals surface area contributed by atoms with Gasteiger partial charge in [-0.25, -0.2) is 0 Å². The zero-order chi connectivity index (χ0) is 10.4. The van der Waals surface area contributed by atoms with Crippen molar-refractivity contribution in [1.29, 1.82) is 0 Å². The summed E-state index contributed by atoms with van der Waals surface area (Å²) in [5.41, 5.74) is 0. The van der Waals surface area contributed by atoms with E-state index in [0.29, 0.717) is 11.7 Å². The lowest BCUT2D eigenvalue weighted by Crippen LogP contribution is -2.17. The molecule has 1 aromatic rings. The molecule has 1 aliphatic rings. The van der Waals surface area contributed by atoms with E-state index in [1.807, 2.05) is 13.1 Å². The molecule has 76 valence electrons. The van der Waals surface area contributed by atoms with Crippen LogP contribution in [0.15, 0.2) is 30.3 Å². The quantitative estimate of drug-likeness (QED) is 0.680. The van der Waals surface area contributed by atoms with Gasteiger partial charge in [-0.15, -0.1) is 0 Å². The van der Waals surface area contributed by atoms with Crippen LogP contribution in [0.4, 0.5) is 0 Å². The average molecular weight is 193 g/mol. The van der Waals surface area contributed by atoms with Gasteiger partial charge in [-0.3, -0.25) is 4.79 Å². The number of carbonyl (C=O) groups is 1. The number of likely N-dealkylation sites (tertiary alicyclic amines) is 1. The molecule has 1 amide bonds. The SMILES string of the molecule is CN1CCCC1=O.Oc1ccccc1. The molecule has 0 atom stereocenters. The van der Waals surface area contributed by atoms with Crippen LogP contribution in [-0.2, 0) is 4.79 Å². The van der Waals surface area contributed by atoms with E-state index < -0.39 is 0 Å². The topological polar surface area (TPSA) is 40.5 Å². The second kappa shape index (κ2) is 5.27. The van der Waals surface area contributed by atoms with Gasteiger partial charge in [0, 0.05) is 20.0 Å².